The van der Waals surface area contributed by atoms with Crippen molar-refractivity contribution in [2.45, 2.75) is 25.8 Å². The lowest BCUT2D eigenvalue weighted by molar-refractivity contribution is -0.143. The van der Waals surface area contributed by atoms with Crippen LogP contribution in [0.5, 0.6) is 0 Å². The van der Waals surface area contributed by atoms with E-state index in [-0.39, 0.29) is 17.8 Å². The lowest BCUT2D eigenvalue weighted by Gasteiger charge is -2.19. The maximum Gasteiger partial charge on any atom is 0.307 e. The molecule has 0 saturated heterocycles. The molecule has 0 saturated carbocycles. The number of likely N-dealkylation sites (N-methyl/N-ethyl adjacent to an activating group) is 1. The van der Waals surface area contributed by atoms with Crippen LogP contribution in [-0.4, -0.2) is 50.7 Å². The minimum absolute atomic E-state index is 0.00513. The van der Waals surface area contributed by atoms with Crippen LogP contribution in [0.4, 0.5) is 4.39 Å². The summed E-state index contributed by atoms with van der Waals surface area (Å²) in [5.41, 5.74) is 1.00. The van der Waals surface area contributed by atoms with Crippen molar-refractivity contribution in [3.63, 3.8) is 0 Å². The smallest absolute Gasteiger partial charge is 0.307 e. The predicted molar refractivity (Wildman–Crippen MR) is 81.7 cm³/mol. The van der Waals surface area contributed by atoms with Crippen molar-refractivity contribution in [1.29, 1.82) is 0 Å². The van der Waals surface area contributed by atoms with Crippen molar-refractivity contribution < 1.29 is 13.9 Å². The highest BCUT2D eigenvalue weighted by atomic mass is 19.1. The molecule has 0 aromatic heterocycles. The van der Waals surface area contributed by atoms with Crippen LogP contribution in [0.1, 0.15) is 18.9 Å². The quantitative estimate of drug-likeness (QED) is 0.706. The van der Waals surface area contributed by atoms with Crippen molar-refractivity contribution in [2.75, 3.05) is 33.8 Å². The molecule has 1 aromatic carbocycles. The van der Waals surface area contributed by atoms with Crippen LogP contribution in [0, 0.1) is 5.82 Å². The number of hydrogen-bond acceptors (Lipinski definition) is 4. The highest BCUT2D eigenvalue weighted by Crippen LogP contribution is 2.08. The SMILES string of the molecule is CCOC(=O)CC(Cc1ccc(F)cc1)NCCN(C)C. The summed E-state index contributed by atoms with van der Waals surface area (Å²) >= 11 is 0. The number of carbonyl (C=O) groups excluding carboxylic acids is 1. The average molecular weight is 296 g/mol. The average Bonchev–Trinajstić information content (AvgIpc) is 2.41. The van der Waals surface area contributed by atoms with Gasteiger partial charge in [-0.1, -0.05) is 12.1 Å². The maximum atomic E-state index is 12.9. The molecule has 1 rings (SSSR count). The Kier molecular flexibility index (Phi) is 7.93. The minimum Gasteiger partial charge on any atom is -0.466 e. The number of nitrogens with zero attached hydrogens (tertiary/aromatic N) is 1. The van der Waals surface area contributed by atoms with Gasteiger partial charge < -0.3 is 15.0 Å². The molecular weight excluding hydrogens is 271 g/mol. The Hall–Kier alpha value is -1.46. The molecule has 21 heavy (non-hydrogen) atoms. The Morgan fingerprint density at radius 2 is 2.00 bits per heavy atom. The summed E-state index contributed by atoms with van der Waals surface area (Å²) in [5, 5.41) is 3.37. The van der Waals surface area contributed by atoms with Gasteiger partial charge in [0.05, 0.1) is 13.0 Å². The Morgan fingerprint density at radius 3 is 2.57 bits per heavy atom. The zero-order valence-electron chi connectivity index (χ0n) is 13.1. The topological polar surface area (TPSA) is 41.6 Å². The number of esters is 1. The molecule has 1 unspecified atom stereocenters. The Bertz CT molecular complexity index is 421. The van der Waals surface area contributed by atoms with E-state index in [4.69, 9.17) is 4.74 Å². The van der Waals surface area contributed by atoms with Crippen molar-refractivity contribution in [1.82, 2.24) is 10.2 Å². The molecule has 5 heteroatoms. The number of hydrogen-bond donors (Lipinski definition) is 1. The number of halogens is 1. The summed E-state index contributed by atoms with van der Waals surface area (Å²) in [6.07, 6.45) is 0.991. The van der Waals surface area contributed by atoms with Gasteiger partial charge in [-0.2, -0.15) is 0 Å². The molecule has 0 aliphatic rings. The molecule has 0 amide bonds. The molecule has 0 fully saturated rings. The summed E-state index contributed by atoms with van der Waals surface area (Å²) in [4.78, 5) is 13.7. The van der Waals surface area contributed by atoms with Gasteiger partial charge in [0.1, 0.15) is 5.82 Å². The summed E-state index contributed by atoms with van der Waals surface area (Å²) < 4.78 is 17.9. The van der Waals surface area contributed by atoms with Gasteiger partial charge in [0.2, 0.25) is 0 Å². The number of carbonyl (C=O) groups is 1. The molecule has 0 radical (unpaired) electrons. The van der Waals surface area contributed by atoms with Gasteiger partial charge in [0, 0.05) is 19.1 Å². The van der Waals surface area contributed by atoms with E-state index in [0.717, 1.165) is 18.7 Å². The van der Waals surface area contributed by atoms with E-state index in [1.54, 1.807) is 19.1 Å². The molecule has 118 valence electrons. The zero-order valence-corrected chi connectivity index (χ0v) is 13.1. The first-order valence-electron chi connectivity index (χ1n) is 7.29. The highest BCUT2D eigenvalue weighted by molar-refractivity contribution is 5.70. The van der Waals surface area contributed by atoms with Gasteiger partial charge in [0.25, 0.3) is 0 Å². The fraction of sp³-hybridized carbons (Fsp3) is 0.562. The van der Waals surface area contributed by atoms with Gasteiger partial charge in [-0.05, 0) is 45.1 Å². The van der Waals surface area contributed by atoms with Crippen molar-refractivity contribution in [3.05, 3.63) is 35.6 Å². The summed E-state index contributed by atoms with van der Waals surface area (Å²) in [5.74, 6) is -0.455. The zero-order chi connectivity index (χ0) is 15.7. The minimum atomic E-state index is -0.249. The first-order valence-corrected chi connectivity index (χ1v) is 7.29. The second-order valence-corrected chi connectivity index (χ2v) is 5.29. The monoisotopic (exact) mass is 296 g/mol. The van der Waals surface area contributed by atoms with E-state index >= 15 is 0 Å². The van der Waals surface area contributed by atoms with Crippen LogP contribution in [0.25, 0.3) is 0 Å². The Labute approximate surface area is 126 Å². The van der Waals surface area contributed by atoms with Gasteiger partial charge in [0.15, 0.2) is 0 Å². The van der Waals surface area contributed by atoms with Crippen molar-refractivity contribution in [3.8, 4) is 0 Å². The normalized spacial score (nSPS) is 12.4. The lowest BCUT2D eigenvalue weighted by atomic mass is 10.0. The third-order valence-corrected chi connectivity index (χ3v) is 3.11. The molecule has 0 spiro atoms. The van der Waals surface area contributed by atoms with Crippen molar-refractivity contribution >= 4 is 5.97 Å². The van der Waals surface area contributed by atoms with Gasteiger partial charge in [-0.3, -0.25) is 4.79 Å². The van der Waals surface area contributed by atoms with Crippen LogP contribution in [-0.2, 0) is 16.0 Å². The third-order valence-electron chi connectivity index (χ3n) is 3.11. The van der Waals surface area contributed by atoms with Crippen LogP contribution < -0.4 is 5.32 Å². The molecule has 0 aliphatic heterocycles. The molecule has 0 bridgehead atoms. The molecule has 4 nitrogen and oxygen atoms in total. The van der Waals surface area contributed by atoms with E-state index < -0.39 is 0 Å². The van der Waals surface area contributed by atoms with Gasteiger partial charge in [-0.15, -0.1) is 0 Å². The second-order valence-electron chi connectivity index (χ2n) is 5.29. The van der Waals surface area contributed by atoms with Crippen molar-refractivity contribution in [2.24, 2.45) is 0 Å². The van der Waals surface area contributed by atoms with Gasteiger partial charge in [-0.25, -0.2) is 4.39 Å². The van der Waals surface area contributed by atoms with Crippen LogP contribution in [0.2, 0.25) is 0 Å². The Balaban J connectivity index is 2.57. The second kappa shape index (κ2) is 9.47. The van der Waals surface area contributed by atoms with E-state index in [9.17, 15) is 9.18 Å². The van der Waals surface area contributed by atoms with Crippen LogP contribution in [0.15, 0.2) is 24.3 Å². The van der Waals surface area contributed by atoms with E-state index in [1.807, 2.05) is 14.1 Å². The predicted octanol–water partition coefficient (Wildman–Crippen LogP) is 1.84. The third kappa shape index (κ3) is 7.78. The maximum absolute atomic E-state index is 12.9. The first kappa shape index (κ1) is 17.6. The molecule has 0 heterocycles. The standard InChI is InChI=1S/C16H25FN2O2/c1-4-21-16(20)12-15(18-9-10-19(2)3)11-13-5-7-14(17)8-6-13/h5-8,15,18H,4,9-12H2,1-3H3. The van der Waals surface area contributed by atoms with E-state index in [1.165, 1.54) is 12.1 Å². The van der Waals surface area contributed by atoms with Gasteiger partial charge >= 0.3 is 5.97 Å². The number of benzene rings is 1. The fourth-order valence-electron chi connectivity index (χ4n) is 2.03. The van der Waals surface area contributed by atoms with Crippen LogP contribution in [0.3, 0.4) is 0 Å². The lowest BCUT2D eigenvalue weighted by Crippen LogP contribution is -2.38. The Morgan fingerprint density at radius 1 is 1.33 bits per heavy atom. The summed E-state index contributed by atoms with van der Waals surface area (Å²) in [7, 11) is 4.00. The number of nitrogens with one attached hydrogen (secondary N) is 1. The summed E-state index contributed by atoms with van der Waals surface area (Å²) in [6.45, 7) is 3.87. The molecule has 1 atom stereocenters. The number of rotatable bonds is 9. The summed E-state index contributed by atoms with van der Waals surface area (Å²) in [6, 6.07) is 6.38. The highest BCUT2D eigenvalue weighted by Gasteiger charge is 2.15. The first-order chi connectivity index (χ1) is 10.0. The fourth-order valence-corrected chi connectivity index (χ4v) is 2.03. The molecule has 1 N–H and O–H groups in total. The van der Waals surface area contributed by atoms with E-state index in [2.05, 4.69) is 10.2 Å². The number of ether oxygens (including phenoxy) is 1. The molecular formula is C16H25FN2O2. The molecule has 1 aromatic rings. The molecule has 0 aliphatic carbocycles. The van der Waals surface area contributed by atoms with E-state index in [0.29, 0.717) is 19.4 Å². The largest absolute Gasteiger partial charge is 0.466 e. The van der Waals surface area contributed by atoms with Crippen LogP contribution >= 0.6 is 0 Å².